The molecule has 0 spiro atoms. The van der Waals surface area contributed by atoms with Gasteiger partial charge in [-0.25, -0.2) is 4.98 Å². The van der Waals surface area contributed by atoms with Gasteiger partial charge in [-0.15, -0.1) is 0 Å². The van der Waals surface area contributed by atoms with Gasteiger partial charge in [0.05, 0.1) is 13.2 Å². The zero-order chi connectivity index (χ0) is 14.7. The Morgan fingerprint density at radius 1 is 1.48 bits per heavy atom. The normalized spacial score (nSPS) is 16.9. The van der Waals surface area contributed by atoms with Gasteiger partial charge in [-0.1, -0.05) is 18.2 Å². The molecule has 0 saturated carbocycles. The first-order valence-electron chi connectivity index (χ1n) is 7.04. The molecule has 6 nitrogen and oxygen atoms in total. The van der Waals surface area contributed by atoms with Crippen LogP contribution in [0.4, 0.5) is 0 Å². The zero-order valence-electron chi connectivity index (χ0n) is 12.0. The first kappa shape index (κ1) is 13.6. The number of hydrogen-bond acceptors (Lipinski definition) is 4. The molecular weight excluding hydrogens is 268 g/mol. The third-order valence-electron chi connectivity index (χ3n) is 3.78. The maximum Gasteiger partial charge on any atom is 0.223 e. The Morgan fingerprint density at radius 3 is 3.14 bits per heavy atom. The molecule has 0 bridgehead atoms. The van der Waals surface area contributed by atoms with E-state index in [1.807, 2.05) is 24.3 Å². The molecule has 1 aliphatic heterocycles. The molecule has 1 amide bonds. The lowest BCUT2D eigenvalue weighted by molar-refractivity contribution is -0.131. The lowest BCUT2D eigenvalue weighted by atomic mass is 9.90. The summed E-state index contributed by atoms with van der Waals surface area (Å²) in [5.74, 6) is 1.92. The second-order valence-corrected chi connectivity index (χ2v) is 5.26. The molecule has 6 heteroatoms. The van der Waals surface area contributed by atoms with Crippen molar-refractivity contribution in [3.63, 3.8) is 0 Å². The number of benzene rings is 1. The van der Waals surface area contributed by atoms with Crippen molar-refractivity contribution in [2.45, 2.75) is 25.3 Å². The minimum atomic E-state index is 0.105. The van der Waals surface area contributed by atoms with Gasteiger partial charge in [-0.05, 0) is 24.0 Å². The van der Waals surface area contributed by atoms with Crippen LogP contribution < -0.4 is 4.74 Å². The summed E-state index contributed by atoms with van der Waals surface area (Å²) in [5.41, 5.74) is 1.13. The van der Waals surface area contributed by atoms with E-state index in [1.54, 1.807) is 11.9 Å². The van der Waals surface area contributed by atoms with Crippen LogP contribution in [0.1, 0.15) is 30.1 Å². The van der Waals surface area contributed by atoms with Crippen molar-refractivity contribution in [2.75, 3.05) is 13.7 Å². The number of fused-ring (bicyclic) bond motifs is 1. The molecule has 0 radical (unpaired) electrons. The number of nitrogens with zero attached hydrogens (tertiary/aromatic N) is 3. The topological polar surface area (TPSA) is 71.1 Å². The number of ether oxygens (including phenoxy) is 1. The Bertz CT molecular complexity index is 612. The summed E-state index contributed by atoms with van der Waals surface area (Å²) in [6.45, 7) is 1.12. The third-order valence-corrected chi connectivity index (χ3v) is 3.78. The number of hydrogen-bond donors (Lipinski definition) is 1. The summed E-state index contributed by atoms with van der Waals surface area (Å²) < 4.78 is 5.63. The minimum absolute atomic E-state index is 0.105. The number of carbonyl (C=O) groups excluding carboxylic acids is 1. The lowest BCUT2D eigenvalue weighted by Gasteiger charge is -2.27. The van der Waals surface area contributed by atoms with Gasteiger partial charge in [-0.3, -0.25) is 9.89 Å². The predicted molar refractivity (Wildman–Crippen MR) is 76.8 cm³/mol. The smallest absolute Gasteiger partial charge is 0.223 e. The highest BCUT2D eigenvalue weighted by atomic mass is 16.5. The van der Waals surface area contributed by atoms with E-state index in [1.165, 1.54) is 6.33 Å². The van der Waals surface area contributed by atoms with Crippen molar-refractivity contribution in [1.29, 1.82) is 0 Å². The van der Waals surface area contributed by atoms with Crippen LogP contribution in [0.5, 0.6) is 5.75 Å². The Balaban J connectivity index is 1.65. The Hall–Kier alpha value is -2.37. The number of para-hydroxylation sites is 1. The lowest BCUT2D eigenvalue weighted by Crippen LogP contribution is -2.29. The predicted octanol–water partition coefficient (Wildman–Crippen LogP) is 1.72. The van der Waals surface area contributed by atoms with E-state index in [0.717, 1.165) is 17.7 Å². The average molecular weight is 286 g/mol. The van der Waals surface area contributed by atoms with E-state index < -0.39 is 0 Å². The van der Waals surface area contributed by atoms with Crippen molar-refractivity contribution in [3.8, 4) is 5.75 Å². The minimum Gasteiger partial charge on any atom is -0.493 e. The number of aromatic nitrogens is 3. The molecule has 1 aromatic heterocycles. The third kappa shape index (κ3) is 3.04. The fourth-order valence-electron chi connectivity index (χ4n) is 2.61. The average Bonchev–Trinajstić information content (AvgIpc) is 3.00. The highest BCUT2D eigenvalue weighted by Crippen LogP contribution is 2.35. The number of H-pyrrole nitrogens is 1. The standard InChI is InChI=1S/C15H18N4O2/c1-19(9-14-16-10-17-18-14)15(20)8-11-6-7-21-13-5-3-2-4-12(11)13/h2-5,10-11H,6-9H2,1H3,(H,16,17,18). The molecule has 110 valence electrons. The largest absolute Gasteiger partial charge is 0.493 e. The van der Waals surface area contributed by atoms with Gasteiger partial charge < -0.3 is 9.64 Å². The van der Waals surface area contributed by atoms with Crippen molar-refractivity contribution >= 4 is 5.91 Å². The summed E-state index contributed by atoms with van der Waals surface area (Å²) in [4.78, 5) is 18.1. The molecule has 1 aromatic carbocycles. The van der Waals surface area contributed by atoms with E-state index >= 15 is 0 Å². The molecule has 1 aliphatic rings. The van der Waals surface area contributed by atoms with Crippen molar-refractivity contribution in [2.24, 2.45) is 0 Å². The summed E-state index contributed by atoms with van der Waals surface area (Å²) >= 11 is 0. The number of aromatic amines is 1. The number of nitrogens with one attached hydrogen (secondary N) is 1. The highest BCUT2D eigenvalue weighted by Gasteiger charge is 2.24. The maximum atomic E-state index is 12.4. The zero-order valence-corrected chi connectivity index (χ0v) is 12.0. The molecule has 2 aromatic rings. The van der Waals surface area contributed by atoms with Crippen LogP contribution in [-0.4, -0.2) is 39.6 Å². The molecule has 3 rings (SSSR count). The summed E-state index contributed by atoms with van der Waals surface area (Å²) in [5, 5.41) is 6.56. The van der Waals surface area contributed by atoms with E-state index in [-0.39, 0.29) is 11.8 Å². The van der Waals surface area contributed by atoms with Crippen LogP contribution in [0, 0.1) is 0 Å². The monoisotopic (exact) mass is 286 g/mol. The first-order chi connectivity index (χ1) is 10.2. The molecule has 0 aliphatic carbocycles. The summed E-state index contributed by atoms with van der Waals surface area (Å²) in [6, 6.07) is 7.95. The van der Waals surface area contributed by atoms with Crippen LogP contribution in [0.15, 0.2) is 30.6 Å². The highest BCUT2D eigenvalue weighted by molar-refractivity contribution is 5.77. The Kier molecular flexibility index (Phi) is 3.85. The number of rotatable bonds is 4. The first-order valence-corrected chi connectivity index (χ1v) is 7.04. The van der Waals surface area contributed by atoms with Gasteiger partial charge in [0.25, 0.3) is 0 Å². The van der Waals surface area contributed by atoms with Crippen LogP contribution in [0.2, 0.25) is 0 Å². The van der Waals surface area contributed by atoms with E-state index in [4.69, 9.17) is 4.74 Å². The number of carbonyl (C=O) groups is 1. The van der Waals surface area contributed by atoms with Gasteiger partial charge >= 0.3 is 0 Å². The van der Waals surface area contributed by atoms with Gasteiger partial charge in [-0.2, -0.15) is 5.10 Å². The molecule has 0 fully saturated rings. The van der Waals surface area contributed by atoms with Crippen molar-refractivity contribution in [3.05, 3.63) is 42.0 Å². The maximum absolute atomic E-state index is 12.4. The van der Waals surface area contributed by atoms with E-state index in [9.17, 15) is 4.79 Å². The van der Waals surface area contributed by atoms with Crippen molar-refractivity contribution in [1.82, 2.24) is 20.1 Å². The van der Waals surface area contributed by atoms with Gasteiger partial charge in [0.2, 0.25) is 5.91 Å². The fraction of sp³-hybridized carbons (Fsp3) is 0.400. The summed E-state index contributed by atoms with van der Waals surface area (Å²) in [6.07, 6.45) is 2.81. The molecule has 0 saturated heterocycles. The van der Waals surface area contributed by atoms with Crippen LogP contribution >= 0.6 is 0 Å². The molecule has 2 heterocycles. The molecule has 1 atom stereocenters. The second kappa shape index (κ2) is 5.95. The van der Waals surface area contributed by atoms with Crippen LogP contribution in [0.3, 0.4) is 0 Å². The number of amides is 1. The van der Waals surface area contributed by atoms with Gasteiger partial charge in [0, 0.05) is 13.5 Å². The van der Waals surface area contributed by atoms with Crippen LogP contribution in [0.25, 0.3) is 0 Å². The van der Waals surface area contributed by atoms with Gasteiger partial charge in [0.15, 0.2) is 0 Å². The fourth-order valence-corrected chi connectivity index (χ4v) is 2.61. The van der Waals surface area contributed by atoms with Crippen molar-refractivity contribution < 1.29 is 9.53 Å². The second-order valence-electron chi connectivity index (χ2n) is 5.26. The summed E-state index contributed by atoms with van der Waals surface area (Å²) in [7, 11) is 1.79. The Morgan fingerprint density at radius 2 is 2.33 bits per heavy atom. The molecular formula is C15H18N4O2. The van der Waals surface area contributed by atoms with Gasteiger partial charge in [0.1, 0.15) is 17.9 Å². The van der Waals surface area contributed by atoms with E-state index in [2.05, 4.69) is 15.2 Å². The quantitative estimate of drug-likeness (QED) is 0.929. The molecule has 21 heavy (non-hydrogen) atoms. The Labute approximate surface area is 123 Å². The molecule has 1 N–H and O–H groups in total. The molecule has 1 unspecified atom stereocenters. The van der Waals surface area contributed by atoms with E-state index in [0.29, 0.717) is 25.4 Å². The SMILES string of the molecule is CN(Cc1ncn[nH]1)C(=O)CC1CCOc2ccccc21. The van der Waals surface area contributed by atoms with Crippen LogP contribution in [-0.2, 0) is 11.3 Å².